The van der Waals surface area contributed by atoms with Crippen molar-refractivity contribution in [2.24, 2.45) is 0 Å². The van der Waals surface area contributed by atoms with Crippen LogP contribution in [-0.2, 0) is 19.6 Å². The molecule has 1 atom stereocenters. The third-order valence-electron chi connectivity index (χ3n) is 4.38. The zero-order valence-electron chi connectivity index (χ0n) is 14.9. The summed E-state index contributed by atoms with van der Waals surface area (Å²) in [5.74, 6) is -0.0863. The molecule has 2 N–H and O–H groups in total. The summed E-state index contributed by atoms with van der Waals surface area (Å²) in [4.78, 5) is 15.2. The number of sulfonamides is 1. The number of carbonyl (C=O) groups is 1. The smallest absolute Gasteiger partial charge is 0.240 e. The molecule has 1 aromatic rings. The average Bonchev–Trinajstić information content (AvgIpc) is 2.75. The second-order valence-corrected chi connectivity index (χ2v) is 9.79. The third-order valence-corrected chi connectivity index (χ3v) is 7.02. The van der Waals surface area contributed by atoms with E-state index < -0.39 is 10.0 Å². The van der Waals surface area contributed by atoms with Crippen molar-refractivity contribution in [1.82, 2.24) is 9.62 Å². The van der Waals surface area contributed by atoms with Gasteiger partial charge in [0, 0.05) is 36.2 Å². The lowest BCUT2D eigenvalue weighted by Crippen LogP contribution is -2.38. The SMILES string of the molecule is CC1CC(=O)Nc2cc(S(=O)(=O)NCCCN3CCOCC3)ccc2S1. The van der Waals surface area contributed by atoms with Crippen LogP contribution in [0, 0.1) is 0 Å². The van der Waals surface area contributed by atoms with Gasteiger partial charge in [-0.25, -0.2) is 13.1 Å². The number of hydrogen-bond acceptors (Lipinski definition) is 6. The van der Waals surface area contributed by atoms with Crippen LogP contribution in [0.4, 0.5) is 5.69 Å². The molecule has 3 rings (SSSR count). The van der Waals surface area contributed by atoms with Gasteiger partial charge in [0.05, 0.1) is 23.8 Å². The molecule has 1 aromatic carbocycles. The Bertz CT molecular complexity index is 748. The van der Waals surface area contributed by atoms with E-state index in [1.54, 1.807) is 30.0 Å². The number of carbonyl (C=O) groups excluding carboxylic acids is 1. The van der Waals surface area contributed by atoms with Gasteiger partial charge in [-0.05, 0) is 31.2 Å². The number of benzene rings is 1. The third kappa shape index (κ3) is 5.20. The van der Waals surface area contributed by atoms with Gasteiger partial charge in [0.2, 0.25) is 15.9 Å². The molecule has 2 heterocycles. The number of nitrogens with one attached hydrogen (secondary N) is 2. The first-order valence-corrected chi connectivity index (χ1v) is 11.2. The van der Waals surface area contributed by atoms with Gasteiger partial charge in [-0.2, -0.15) is 0 Å². The number of amides is 1. The summed E-state index contributed by atoms with van der Waals surface area (Å²) in [5.41, 5.74) is 0.570. The topological polar surface area (TPSA) is 87.7 Å². The molecular formula is C17H25N3O4S2. The Hall–Kier alpha value is -1.13. The second kappa shape index (κ2) is 8.71. The summed E-state index contributed by atoms with van der Waals surface area (Å²) in [6.07, 6.45) is 1.16. The van der Waals surface area contributed by atoms with E-state index in [9.17, 15) is 13.2 Å². The van der Waals surface area contributed by atoms with E-state index >= 15 is 0 Å². The quantitative estimate of drug-likeness (QED) is 0.705. The fourth-order valence-electron chi connectivity index (χ4n) is 3.01. The van der Waals surface area contributed by atoms with Gasteiger partial charge in [0.1, 0.15) is 0 Å². The monoisotopic (exact) mass is 399 g/mol. The average molecular weight is 400 g/mol. The largest absolute Gasteiger partial charge is 0.379 e. The molecule has 2 aliphatic heterocycles. The lowest BCUT2D eigenvalue weighted by Gasteiger charge is -2.26. The van der Waals surface area contributed by atoms with E-state index in [1.165, 1.54) is 0 Å². The van der Waals surface area contributed by atoms with Crippen molar-refractivity contribution in [3.05, 3.63) is 18.2 Å². The van der Waals surface area contributed by atoms with E-state index in [2.05, 4.69) is 14.9 Å². The van der Waals surface area contributed by atoms with Crippen LogP contribution in [0.3, 0.4) is 0 Å². The zero-order chi connectivity index (χ0) is 18.6. The Morgan fingerprint density at radius 3 is 2.88 bits per heavy atom. The van der Waals surface area contributed by atoms with Crippen molar-refractivity contribution >= 4 is 33.4 Å². The Labute approximate surface area is 158 Å². The van der Waals surface area contributed by atoms with Crippen LogP contribution in [0.5, 0.6) is 0 Å². The van der Waals surface area contributed by atoms with E-state index in [0.29, 0.717) is 18.7 Å². The Morgan fingerprint density at radius 1 is 1.35 bits per heavy atom. The zero-order valence-corrected chi connectivity index (χ0v) is 16.5. The highest BCUT2D eigenvalue weighted by Gasteiger charge is 2.22. The van der Waals surface area contributed by atoms with Gasteiger partial charge in [0.25, 0.3) is 0 Å². The minimum absolute atomic E-state index is 0.0863. The van der Waals surface area contributed by atoms with Gasteiger partial charge in [-0.3, -0.25) is 9.69 Å². The fraction of sp³-hybridized carbons (Fsp3) is 0.588. The molecule has 1 saturated heterocycles. The summed E-state index contributed by atoms with van der Waals surface area (Å²) >= 11 is 1.58. The van der Waals surface area contributed by atoms with Crippen LogP contribution >= 0.6 is 11.8 Å². The van der Waals surface area contributed by atoms with E-state index in [-0.39, 0.29) is 16.1 Å². The van der Waals surface area contributed by atoms with Crippen LogP contribution in [-0.4, -0.2) is 63.9 Å². The Balaban J connectivity index is 1.59. The summed E-state index contributed by atoms with van der Waals surface area (Å²) in [6, 6.07) is 4.91. The first kappa shape index (κ1) is 19.6. The molecule has 9 heteroatoms. The van der Waals surface area contributed by atoms with Crippen molar-refractivity contribution in [3.63, 3.8) is 0 Å². The molecule has 2 aliphatic rings. The molecule has 144 valence electrons. The molecule has 0 radical (unpaired) electrons. The predicted molar refractivity (Wildman–Crippen MR) is 102 cm³/mol. The highest BCUT2D eigenvalue weighted by molar-refractivity contribution is 8.00. The Kier molecular flexibility index (Phi) is 6.57. The van der Waals surface area contributed by atoms with Crippen molar-refractivity contribution in [1.29, 1.82) is 0 Å². The molecule has 0 saturated carbocycles. The number of rotatable bonds is 6. The van der Waals surface area contributed by atoms with E-state index in [0.717, 1.165) is 44.2 Å². The maximum Gasteiger partial charge on any atom is 0.240 e. The maximum atomic E-state index is 12.5. The molecule has 0 spiro atoms. The lowest BCUT2D eigenvalue weighted by atomic mass is 10.3. The van der Waals surface area contributed by atoms with Crippen molar-refractivity contribution in [3.8, 4) is 0 Å². The summed E-state index contributed by atoms with van der Waals surface area (Å²) in [7, 11) is -3.59. The van der Waals surface area contributed by atoms with Gasteiger partial charge >= 0.3 is 0 Å². The number of hydrogen-bond donors (Lipinski definition) is 2. The van der Waals surface area contributed by atoms with Crippen LogP contribution < -0.4 is 10.0 Å². The van der Waals surface area contributed by atoms with Crippen molar-refractivity contribution < 1.29 is 17.9 Å². The molecule has 1 fully saturated rings. The van der Waals surface area contributed by atoms with Crippen molar-refractivity contribution in [2.75, 3.05) is 44.7 Å². The summed E-state index contributed by atoms with van der Waals surface area (Å²) < 4.78 is 33.0. The van der Waals surface area contributed by atoms with Crippen LogP contribution in [0.25, 0.3) is 0 Å². The molecule has 1 amide bonds. The minimum Gasteiger partial charge on any atom is -0.379 e. The molecule has 0 aliphatic carbocycles. The fourth-order valence-corrected chi connectivity index (χ4v) is 5.17. The lowest BCUT2D eigenvalue weighted by molar-refractivity contribution is -0.116. The highest BCUT2D eigenvalue weighted by atomic mass is 32.2. The first-order valence-electron chi connectivity index (χ1n) is 8.84. The van der Waals surface area contributed by atoms with E-state index in [4.69, 9.17) is 4.74 Å². The summed E-state index contributed by atoms with van der Waals surface area (Å²) in [6.45, 7) is 6.49. The number of thioether (sulfide) groups is 1. The minimum atomic E-state index is -3.59. The Morgan fingerprint density at radius 2 is 2.12 bits per heavy atom. The molecule has 0 bridgehead atoms. The molecule has 26 heavy (non-hydrogen) atoms. The first-order chi connectivity index (χ1) is 12.4. The van der Waals surface area contributed by atoms with Gasteiger partial charge in [0.15, 0.2) is 0 Å². The van der Waals surface area contributed by atoms with E-state index in [1.807, 2.05) is 6.92 Å². The van der Waals surface area contributed by atoms with Crippen LogP contribution in [0.2, 0.25) is 0 Å². The van der Waals surface area contributed by atoms with Gasteiger partial charge in [-0.1, -0.05) is 6.92 Å². The van der Waals surface area contributed by atoms with Gasteiger partial charge < -0.3 is 10.1 Å². The standard InChI is InChI=1S/C17H25N3O4S2/c1-13-11-17(21)19-15-12-14(3-4-16(15)25-13)26(22,23)18-5-2-6-20-7-9-24-10-8-20/h3-4,12-13,18H,2,5-11H2,1H3,(H,19,21). The number of fused-ring (bicyclic) bond motifs is 1. The number of ether oxygens (including phenoxy) is 1. The highest BCUT2D eigenvalue weighted by Crippen LogP contribution is 2.36. The molecule has 1 unspecified atom stereocenters. The normalized spacial score (nSPS) is 21.7. The van der Waals surface area contributed by atoms with Crippen molar-refractivity contribution in [2.45, 2.75) is 34.8 Å². The summed E-state index contributed by atoms with van der Waals surface area (Å²) in [5, 5.41) is 2.97. The second-order valence-electron chi connectivity index (χ2n) is 6.54. The molecular weight excluding hydrogens is 374 g/mol. The number of nitrogens with zero attached hydrogens (tertiary/aromatic N) is 1. The van der Waals surface area contributed by atoms with Gasteiger partial charge in [-0.15, -0.1) is 11.8 Å². The maximum absolute atomic E-state index is 12.5. The molecule has 0 aromatic heterocycles. The van der Waals surface area contributed by atoms with Crippen LogP contribution in [0.15, 0.2) is 28.0 Å². The molecule has 7 nitrogen and oxygen atoms in total. The predicted octanol–water partition coefficient (Wildman–Crippen LogP) is 1.51. The number of morpholine rings is 1. The number of anilines is 1. The van der Waals surface area contributed by atoms with Crippen LogP contribution in [0.1, 0.15) is 19.8 Å².